The number of benzene rings is 2. The molecule has 0 atom stereocenters. The number of hydrogen-bond acceptors (Lipinski definition) is 2. The van der Waals surface area contributed by atoms with E-state index in [4.69, 9.17) is 9.40 Å². The summed E-state index contributed by atoms with van der Waals surface area (Å²) in [5.74, 6) is 0.879. The smallest absolute Gasteiger partial charge is 0.153 e. The summed E-state index contributed by atoms with van der Waals surface area (Å²) >= 11 is 0. The van der Waals surface area contributed by atoms with Gasteiger partial charge >= 0.3 is 0 Å². The van der Waals surface area contributed by atoms with Crippen LogP contribution < -0.4 is 0 Å². The highest BCUT2D eigenvalue weighted by Crippen LogP contribution is 2.33. The van der Waals surface area contributed by atoms with E-state index >= 15 is 0 Å². The Morgan fingerprint density at radius 2 is 1.37 bits per heavy atom. The third kappa shape index (κ3) is 4.05. The first-order valence-electron chi connectivity index (χ1n) is 10.6. The van der Waals surface area contributed by atoms with Gasteiger partial charge < -0.3 is 4.42 Å². The molecule has 4 rings (SSSR count). The lowest BCUT2D eigenvalue weighted by Crippen LogP contribution is -2.11. The molecule has 0 radical (unpaired) electrons. The molecule has 0 N–H and O–H groups in total. The third-order valence-corrected chi connectivity index (χ3v) is 5.68. The van der Waals surface area contributed by atoms with E-state index in [0.29, 0.717) is 0 Å². The van der Waals surface area contributed by atoms with Crippen molar-refractivity contribution < 1.29 is 4.42 Å². The van der Waals surface area contributed by atoms with Gasteiger partial charge in [0.25, 0.3) is 0 Å². The maximum absolute atomic E-state index is 6.11. The molecule has 0 saturated carbocycles. The van der Waals surface area contributed by atoms with Crippen LogP contribution in [0.2, 0.25) is 0 Å². The minimum absolute atomic E-state index is 0.104. The zero-order chi connectivity index (χ0) is 21.7. The standard InChI is InChI=1S/C28H31NO/c1-18-12-20(14-23(13-18)28(5,6)7)24-15-21-16-25(30-26(21)17-29-24)19-8-10-22(11-9-19)27(2,3)4/h8-17H,1-7H3. The number of furan rings is 1. The number of aromatic nitrogens is 1. The summed E-state index contributed by atoms with van der Waals surface area (Å²) < 4.78 is 6.11. The first kappa shape index (κ1) is 20.4. The van der Waals surface area contributed by atoms with E-state index in [9.17, 15) is 0 Å². The van der Waals surface area contributed by atoms with Crippen LogP contribution in [0.1, 0.15) is 58.2 Å². The molecule has 2 heteroatoms. The average Bonchev–Trinajstić information content (AvgIpc) is 3.09. The van der Waals surface area contributed by atoms with Crippen molar-refractivity contribution in [3.8, 4) is 22.6 Å². The third-order valence-electron chi connectivity index (χ3n) is 5.68. The summed E-state index contributed by atoms with van der Waals surface area (Å²) in [7, 11) is 0. The maximum atomic E-state index is 6.11. The van der Waals surface area contributed by atoms with Gasteiger partial charge in [-0.05, 0) is 53.1 Å². The Morgan fingerprint density at radius 1 is 0.700 bits per heavy atom. The van der Waals surface area contributed by atoms with E-state index in [0.717, 1.165) is 33.6 Å². The van der Waals surface area contributed by atoms with Gasteiger partial charge in [0.1, 0.15) is 5.76 Å². The molecule has 2 heterocycles. The molecule has 0 saturated heterocycles. The topological polar surface area (TPSA) is 26.0 Å². The molecule has 0 spiro atoms. The Kier molecular flexibility index (Phi) is 4.85. The molecule has 0 aliphatic rings. The Balaban J connectivity index is 1.72. The predicted octanol–water partition coefficient (Wildman–Crippen LogP) is 8.07. The van der Waals surface area contributed by atoms with Crippen LogP contribution in [0, 0.1) is 6.92 Å². The lowest BCUT2D eigenvalue weighted by molar-refractivity contribution is 0.589. The van der Waals surface area contributed by atoms with Gasteiger partial charge in [0, 0.05) is 16.5 Å². The van der Waals surface area contributed by atoms with E-state index in [-0.39, 0.29) is 10.8 Å². The van der Waals surface area contributed by atoms with E-state index in [1.165, 1.54) is 16.7 Å². The molecule has 2 aromatic heterocycles. The molecule has 0 aliphatic heterocycles. The maximum Gasteiger partial charge on any atom is 0.153 e. The van der Waals surface area contributed by atoms with Gasteiger partial charge in [-0.1, -0.05) is 77.4 Å². The average molecular weight is 398 g/mol. The second-order valence-corrected chi connectivity index (χ2v) is 10.4. The lowest BCUT2D eigenvalue weighted by atomic mass is 9.85. The minimum atomic E-state index is 0.104. The molecule has 30 heavy (non-hydrogen) atoms. The van der Waals surface area contributed by atoms with Gasteiger partial charge in [-0.25, -0.2) is 0 Å². The van der Waals surface area contributed by atoms with Crippen molar-refractivity contribution in [2.24, 2.45) is 0 Å². The summed E-state index contributed by atoms with van der Waals surface area (Å²) in [4.78, 5) is 4.70. The predicted molar refractivity (Wildman–Crippen MR) is 127 cm³/mol. The van der Waals surface area contributed by atoms with Gasteiger partial charge in [-0.2, -0.15) is 0 Å². The van der Waals surface area contributed by atoms with Crippen molar-refractivity contribution in [1.29, 1.82) is 0 Å². The van der Waals surface area contributed by atoms with E-state index in [2.05, 4.69) is 103 Å². The zero-order valence-electron chi connectivity index (χ0n) is 19.1. The van der Waals surface area contributed by atoms with Crippen LogP contribution >= 0.6 is 0 Å². The fourth-order valence-electron chi connectivity index (χ4n) is 3.74. The first-order chi connectivity index (χ1) is 14.0. The molecule has 2 aromatic carbocycles. The molecule has 0 amide bonds. The largest absolute Gasteiger partial charge is 0.454 e. The highest BCUT2D eigenvalue weighted by molar-refractivity contribution is 5.85. The second-order valence-electron chi connectivity index (χ2n) is 10.4. The van der Waals surface area contributed by atoms with Gasteiger partial charge in [0.15, 0.2) is 5.58 Å². The Labute approximate surface area is 180 Å². The Morgan fingerprint density at radius 3 is 2.00 bits per heavy atom. The molecule has 4 aromatic rings. The molecule has 0 fully saturated rings. The summed E-state index contributed by atoms with van der Waals surface area (Å²) in [6, 6.07) is 19.6. The summed E-state index contributed by atoms with van der Waals surface area (Å²) in [6.07, 6.45) is 1.84. The van der Waals surface area contributed by atoms with Gasteiger partial charge in [0.05, 0.1) is 11.9 Å². The van der Waals surface area contributed by atoms with Crippen molar-refractivity contribution in [1.82, 2.24) is 4.98 Å². The van der Waals surface area contributed by atoms with Crippen LogP contribution in [0.25, 0.3) is 33.6 Å². The summed E-state index contributed by atoms with van der Waals surface area (Å²) in [6.45, 7) is 15.6. The van der Waals surface area contributed by atoms with Crippen LogP contribution in [-0.4, -0.2) is 4.98 Å². The van der Waals surface area contributed by atoms with Crippen molar-refractivity contribution in [3.63, 3.8) is 0 Å². The summed E-state index contributed by atoms with van der Waals surface area (Å²) in [5.41, 5.74) is 8.19. The fourth-order valence-corrected chi connectivity index (χ4v) is 3.74. The quantitative estimate of drug-likeness (QED) is 0.342. The van der Waals surface area contributed by atoms with E-state index < -0.39 is 0 Å². The SMILES string of the molecule is Cc1cc(-c2cc3cc(-c4ccc(C(C)(C)C)cc4)oc3cn2)cc(C(C)(C)C)c1. The number of hydrogen-bond donors (Lipinski definition) is 0. The molecule has 0 unspecified atom stereocenters. The minimum Gasteiger partial charge on any atom is -0.454 e. The van der Waals surface area contributed by atoms with Crippen LogP contribution in [0.15, 0.2) is 65.2 Å². The molecule has 0 aliphatic carbocycles. The first-order valence-corrected chi connectivity index (χ1v) is 10.6. The van der Waals surface area contributed by atoms with Gasteiger partial charge in [-0.3, -0.25) is 4.98 Å². The van der Waals surface area contributed by atoms with Gasteiger partial charge in [-0.15, -0.1) is 0 Å². The normalized spacial score (nSPS) is 12.5. The second kappa shape index (κ2) is 7.12. The van der Waals surface area contributed by atoms with Gasteiger partial charge in [0.2, 0.25) is 0 Å². The zero-order valence-corrected chi connectivity index (χ0v) is 19.1. The highest BCUT2D eigenvalue weighted by Gasteiger charge is 2.17. The molecule has 2 nitrogen and oxygen atoms in total. The molecular weight excluding hydrogens is 366 g/mol. The van der Waals surface area contributed by atoms with Crippen LogP contribution in [0.5, 0.6) is 0 Å². The van der Waals surface area contributed by atoms with E-state index in [1.807, 2.05) is 6.20 Å². The fraction of sp³-hybridized carbons (Fsp3) is 0.321. The number of aryl methyl sites for hydroxylation is 1. The number of fused-ring (bicyclic) bond motifs is 1. The van der Waals surface area contributed by atoms with Crippen molar-refractivity contribution in [2.45, 2.75) is 59.3 Å². The van der Waals surface area contributed by atoms with Crippen LogP contribution in [0.4, 0.5) is 0 Å². The molecule has 0 bridgehead atoms. The summed E-state index contributed by atoms with van der Waals surface area (Å²) in [5, 5.41) is 1.08. The number of nitrogens with zero attached hydrogens (tertiary/aromatic N) is 1. The van der Waals surface area contributed by atoms with Crippen molar-refractivity contribution in [3.05, 3.63) is 77.5 Å². The lowest BCUT2D eigenvalue weighted by Gasteiger charge is -2.20. The number of rotatable bonds is 2. The monoisotopic (exact) mass is 397 g/mol. The molecule has 154 valence electrons. The Hall–Kier alpha value is -2.87. The molecular formula is C28H31NO. The Bertz CT molecular complexity index is 1200. The van der Waals surface area contributed by atoms with Crippen molar-refractivity contribution >= 4 is 11.0 Å². The van der Waals surface area contributed by atoms with Crippen LogP contribution in [0.3, 0.4) is 0 Å². The number of pyridine rings is 1. The van der Waals surface area contributed by atoms with E-state index in [1.54, 1.807) is 0 Å². The van der Waals surface area contributed by atoms with Crippen LogP contribution in [-0.2, 0) is 10.8 Å². The van der Waals surface area contributed by atoms with Crippen molar-refractivity contribution in [2.75, 3.05) is 0 Å². The highest BCUT2D eigenvalue weighted by atomic mass is 16.3.